The highest BCUT2D eigenvalue weighted by Gasteiger charge is 1.95. The third kappa shape index (κ3) is 1.86. The molecule has 0 heterocycles. The minimum atomic E-state index is 0.210. The second-order valence-corrected chi connectivity index (χ2v) is 2.52. The Kier molecular flexibility index (Phi) is 2.49. The van der Waals surface area contributed by atoms with Crippen LogP contribution < -0.4 is 0 Å². The van der Waals surface area contributed by atoms with Crippen molar-refractivity contribution in [3.8, 4) is 11.8 Å². The summed E-state index contributed by atoms with van der Waals surface area (Å²) in [6.07, 6.45) is 2.92. The number of allylic oxidation sites excluding steroid dienone is 1. The van der Waals surface area contributed by atoms with Crippen LogP contribution in [0.25, 0.3) is 6.08 Å². The summed E-state index contributed by atoms with van der Waals surface area (Å²) >= 11 is 0. The Balaban J connectivity index is 3.03. The molecule has 2 nitrogen and oxygen atoms in total. The number of benzene rings is 1. The van der Waals surface area contributed by atoms with Gasteiger partial charge in [0.25, 0.3) is 0 Å². The molecule has 0 saturated carbocycles. The molecule has 12 heavy (non-hydrogen) atoms. The maximum atomic E-state index is 9.36. The molecule has 0 aliphatic carbocycles. The number of hydrogen-bond donors (Lipinski definition) is 1. The van der Waals surface area contributed by atoms with Gasteiger partial charge in [-0.3, -0.25) is 0 Å². The van der Waals surface area contributed by atoms with Crippen LogP contribution in [0, 0.1) is 18.3 Å². The molecule has 0 aliphatic heterocycles. The first-order valence-corrected chi connectivity index (χ1v) is 3.60. The minimum absolute atomic E-state index is 0.210. The molecule has 1 aromatic carbocycles. The third-order valence-electron chi connectivity index (χ3n) is 1.52. The number of aryl methyl sites for hydroxylation is 1. The first kappa shape index (κ1) is 8.35. The van der Waals surface area contributed by atoms with Crippen LogP contribution in [-0.4, -0.2) is 5.11 Å². The number of hydrogen-bond acceptors (Lipinski definition) is 2. The van der Waals surface area contributed by atoms with Crippen molar-refractivity contribution in [2.24, 2.45) is 0 Å². The van der Waals surface area contributed by atoms with E-state index in [9.17, 15) is 5.11 Å². The molecule has 1 N–H and O–H groups in total. The molecule has 1 aromatic rings. The van der Waals surface area contributed by atoms with Crippen LogP contribution in [0.1, 0.15) is 11.1 Å². The summed E-state index contributed by atoms with van der Waals surface area (Å²) in [5, 5.41) is 17.6. The van der Waals surface area contributed by atoms with Gasteiger partial charge in [0, 0.05) is 11.6 Å². The second kappa shape index (κ2) is 3.59. The van der Waals surface area contributed by atoms with E-state index in [4.69, 9.17) is 5.26 Å². The number of phenolic OH excluding ortho intramolecular Hbond substituents is 1. The lowest BCUT2D eigenvalue weighted by Gasteiger charge is -1.98. The topological polar surface area (TPSA) is 44.0 Å². The van der Waals surface area contributed by atoms with Crippen molar-refractivity contribution in [1.29, 1.82) is 5.26 Å². The minimum Gasteiger partial charge on any atom is -0.507 e. The molecule has 60 valence electrons. The first-order valence-electron chi connectivity index (χ1n) is 3.60. The van der Waals surface area contributed by atoms with Crippen LogP contribution >= 0.6 is 0 Å². The molecule has 1 rings (SSSR count). The number of phenols is 1. The Hall–Kier alpha value is -1.75. The van der Waals surface area contributed by atoms with Crippen LogP contribution in [0.3, 0.4) is 0 Å². The normalized spacial score (nSPS) is 10.0. The zero-order valence-corrected chi connectivity index (χ0v) is 6.78. The fourth-order valence-electron chi connectivity index (χ4n) is 0.922. The summed E-state index contributed by atoms with van der Waals surface area (Å²) in [6, 6.07) is 7.19. The zero-order chi connectivity index (χ0) is 8.97. The third-order valence-corrected chi connectivity index (χ3v) is 1.52. The molecule has 0 aromatic heterocycles. The first-order chi connectivity index (χ1) is 5.74. The van der Waals surface area contributed by atoms with Crippen molar-refractivity contribution in [3.63, 3.8) is 0 Å². The van der Waals surface area contributed by atoms with E-state index in [0.29, 0.717) is 5.56 Å². The molecule has 0 spiro atoms. The molecular formula is C10H9NO. The van der Waals surface area contributed by atoms with Crippen LogP contribution in [0.15, 0.2) is 24.3 Å². The molecule has 0 unspecified atom stereocenters. The van der Waals surface area contributed by atoms with E-state index in [0.717, 1.165) is 5.56 Å². The van der Waals surface area contributed by atoms with Gasteiger partial charge in [-0.15, -0.1) is 0 Å². The molecule has 0 aliphatic rings. The van der Waals surface area contributed by atoms with E-state index >= 15 is 0 Å². The van der Waals surface area contributed by atoms with E-state index in [2.05, 4.69) is 0 Å². The number of nitriles is 1. The highest BCUT2D eigenvalue weighted by molar-refractivity contribution is 5.59. The fourth-order valence-corrected chi connectivity index (χ4v) is 0.922. The Bertz CT molecular complexity index is 347. The number of aromatic hydroxyl groups is 1. The van der Waals surface area contributed by atoms with E-state index in [-0.39, 0.29) is 5.75 Å². The second-order valence-electron chi connectivity index (χ2n) is 2.52. The standard InChI is InChI=1S/C10H9NO/c1-8-4-5-9(3-2-6-11)10(12)7-8/h2-5,7,12H,1H3. The lowest BCUT2D eigenvalue weighted by molar-refractivity contribution is 0.473. The summed E-state index contributed by atoms with van der Waals surface area (Å²) in [7, 11) is 0. The van der Waals surface area contributed by atoms with Gasteiger partial charge in [-0.05, 0) is 24.6 Å². The summed E-state index contributed by atoms with van der Waals surface area (Å²) in [4.78, 5) is 0. The SMILES string of the molecule is Cc1ccc(C=CC#N)c(O)c1. The Labute approximate surface area is 71.4 Å². The molecule has 0 radical (unpaired) electrons. The van der Waals surface area contributed by atoms with Gasteiger partial charge in [-0.25, -0.2) is 0 Å². The smallest absolute Gasteiger partial charge is 0.123 e. The van der Waals surface area contributed by atoms with E-state index in [1.54, 1.807) is 18.2 Å². The molecule has 0 amide bonds. The fraction of sp³-hybridized carbons (Fsp3) is 0.100. The quantitative estimate of drug-likeness (QED) is 0.638. The largest absolute Gasteiger partial charge is 0.507 e. The lowest BCUT2D eigenvalue weighted by Crippen LogP contribution is -1.76. The predicted octanol–water partition coefficient (Wildman–Crippen LogP) is 2.24. The van der Waals surface area contributed by atoms with Gasteiger partial charge in [0.05, 0.1) is 6.07 Å². The Morgan fingerprint density at radius 2 is 2.25 bits per heavy atom. The van der Waals surface area contributed by atoms with Crippen molar-refractivity contribution in [1.82, 2.24) is 0 Å². The van der Waals surface area contributed by atoms with E-state index in [1.807, 2.05) is 19.1 Å². The molecule has 0 saturated heterocycles. The predicted molar refractivity (Wildman–Crippen MR) is 47.5 cm³/mol. The van der Waals surface area contributed by atoms with Crippen molar-refractivity contribution in [3.05, 3.63) is 35.4 Å². The lowest BCUT2D eigenvalue weighted by atomic mass is 10.1. The average molecular weight is 159 g/mol. The zero-order valence-electron chi connectivity index (χ0n) is 6.78. The molecular weight excluding hydrogens is 150 g/mol. The van der Waals surface area contributed by atoms with Crippen LogP contribution in [0.5, 0.6) is 5.75 Å². The van der Waals surface area contributed by atoms with E-state index in [1.165, 1.54) is 6.08 Å². The van der Waals surface area contributed by atoms with Crippen LogP contribution in [-0.2, 0) is 0 Å². The molecule has 0 bridgehead atoms. The van der Waals surface area contributed by atoms with E-state index < -0.39 is 0 Å². The number of nitrogens with zero attached hydrogens (tertiary/aromatic N) is 1. The highest BCUT2D eigenvalue weighted by atomic mass is 16.3. The van der Waals surface area contributed by atoms with Gasteiger partial charge in [0.15, 0.2) is 0 Å². The van der Waals surface area contributed by atoms with Crippen molar-refractivity contribution >= 4 is 6.08 Å². The van der Waals surface area contributed by atoms with Crippen molar-refractivity contribution in [2.45, 2.75) is 6.92 Å². The average Bonchev–Trinajstić information content (AvgIpc) is 2.03. The summed E-state index contributed by atoms with van der Waals surface area (Å²) < 4.78 is 0. The Morgan fingerprint density at radius 3 is 2.83 bits per heavy atom. The maximum Gasteiger partial charge on any atom is 0.123 e. The molecule has 0 atom stereocenters. The summed E-state index contributed by atoms with van der Waals surface area (Å²) in [6.45, 7) is 1.90. The van der Waals surface area contributed by atoms with Gasteiger partial charge >= 0.3 is 0 Å². The summed E-state index contributed by atoms with van der Waals surface area (Å²) in [5.41, 5.74) is 1.67. The molecule has 2 heteroatoms. The van der Waals surface area contributed by atoms with Gasteiger partial charge < -0.3 is 5.11 Å². The van der Waals surface area contributed by atoms with Crippen molar-refractivity contribution < 1.29 is 5.11 Å². The van der Waals surface area contributed by atoms with Gasteiger partial charge in [0.1, 0.15) is 5.75 Å². The Morgan fingerprint density at radius 1 is 1.50 bits per heavy atom. The van der Waals surface area contributed by atoms with Gasteiger partial charge in [0.2, 0.25) is 0 Å². The maximum absolute atomic E-state index is 9.36. The number of rotatable bonds is 1. The highest BCUT2D eigenvalue weighted by Crippen LogP contribution is 2.19. The van der Waals surface area contributed by atoms with Gasteiger partial charge in [-0.2, -0.15) is 5.26 Å². The monoisotopic (exact) mass is 159 g/mol. The van der Waals surface area contributed by atoms with Crippen LogP contribution in [0.4, 0.5) is 0 Å². The van der Waals surface area contributed by atoms with Crippen molar-refractivity contribution in [2.75, 3.05) is 0 Å². The molecule has 0 fully saturated rings. The van der Waals surface area contributed by atoms with Crippen LogP contribution in [0.2, 0.25) is 0 Å². The van der Waals surface area contributed by atoms with Gasteiger partial charge in [-0.1, -0.05) is 12.1 Å². The summed E-state index contributed by atoms with van der Waals surface area (Å²) in [5.74, 6) is 0.210.